The van der Waals surface area contributed by atoms with Crippen LogP contribution in [-0.2, 0) is 6.42 Å². The summed E-state index contributed by atoms with van der Waals surface area (Å²) in [6, 6.07) is 1.78. The Balaban J connectivity index is 1.99. The quantitative estimate of drug-likeness (QED) is 0.877. The largest absolute Gasteiger partial charge is 0.393 e. The molecule has 0 aliphatic heterocycles. The smallest absolute Gasteiger partial charge is 0.253 e. The van der Waals surface area contributed by atoms with Crippen molar-refractivity contribution in [3.63, 3.8) is 0 Å². The van der Waals surface area contributed by atoms with Gasteiger partial charge in [0.2, 0.25) is 0 Å². The number of aliphatic hydroxyl groups is 1. The molecule has 0 radical (unpaired) electrons. The van der Waals surface area contributed by atoms with E-state index in [1.54, 1.807) is 6.07 Å². The zero-order chi connectivity index (χ0) is 14.5. The number of hydrogen-bond donors (Lipinski definition) is 2. The first-order valence-corrected chi connectivity index (χ1v) is 7.41. The lowest BCUT2D eigenvalue weighted by atomic mass is 9.86. The Hall–Kier alpha value is -1.49. The summed E-state index contributed by atoms with van der Waals surface area (Å²) in [6.07, 6.45) is 4.44. The highest BCUT2D eigenvalue weighted by Gasteiger charge is 2.24. The van der Waals surface area contributed by atoms with E-state index in [1.807, 2.05) is 13.8 Å². The molecule has 2 rings (SSSR count). The second-order valence-electron chi connectivity index (χ2n) is 5.52. The van der Waals surface area contributed by atoms with Crippen LogP contribution in [-0.4, -0.2) is 33.9 Å². The van der Waals surface area contributed by atoms with Crippen LogP contribution < -0.4 is 5.32 Å². The fourth-order valence-electron chi connectivity index (χ4n) is 2.72. The van der Waals surface area contributed by atoms with E-state index >= 15 is 0 Å². The summed E-state index contributed by atoms with van der Waals surface area (Å²) >= 11 is 0. The van der Waals surface area contributed by atoms with Gasteiger partial charge in [0.15, 0.2) is 0 Å². The Morgan fingerprint density at radius 1 is 1.40 bits per heavy atom. The van der Waals surface area contributed by atoms with Gasteiger partial charge in [0, 0.05) is 12.5 Å². The van der Waals surface area contributed by atoms with Gasteiger partial charge in [0.05, 0.1) is 23.1 Å². The molecule has 1 saturated carbocycles. The fourth-order valence-corrected chi connectivity index (χ4v) is 2.72. The van der Waals surface area contributed by atoms with Crippen LogP contribution in [0.5, 0.6) is 0 Å². The summed E-state index contributed by atoms with van der Waals surface area (Å²) in [5.41, 5.74) is 2.06. The summed E-state index contributed by atoms with van der Waals surface area (Å²) in [5, 5.41) is 20.9. The van der Waals surface area contributed by atoms with Crippen LogP contribution in [0.1, 0.15) is 54.4 Å². The highest BCUT2D eigenvalue weighted by atomic mass is 16.3. The van der Waals surface area contributed by atoms with Crippen LogP contribution in [0.4, 0.5) is 0 Å². The van der Waals surface area contributed by atoms with Crippen molar-refractivity contribution in [1.82, 2.24) is 15.5 Å². The number of hydrogen-bond acceptors (Lipinski definition) is 4. The third kappa shape index (κ3) is 3.54. The number of nitrogens with one attached hydrogen (secondary N) is 1. The summed E-state index contributed by atoms with van der Waals surface area (Å²) in [4.78, 5) is 12.3. The van der Waals surface area contributed by atoms with Crippen molar-refractivity contribution >= 4 is 5.91 Å². The minimum atomic E-state index is -0.285. The Bertz CT molecular complexity index is 476. The average molecular weight is 277 g/mol. The van der Waals surface area contributed by atoms with Crippen molar-refractivity contribution in [2.75, 3.05) is 6.54 Å². The SMILES string of the molecule is CCc1nnc(C)cc1C(=O)NCC1CCCCC1O. The number of rotatable bonds is 4. The standard InChI is InChI=1S/C15H23N3O2/c1-3-13-12(8-10(2)17-18-13)15(20)16-9-11-6-4-5-7-14(11)19/h8,11,14,19H,3-7,9H2,1-2H3,(H,16,20). The molecule has 20 heavy (non-hydrogen) atoms. The Morgan fingerprint density at radius 3 is 2.85 bits per heavy atom. The number of carbonyl (C=O) groups is 1. The molecule has 2 atom stereocenters. The van der Waals surface area contributed by atoms with Gasteiger partial charge in [-0.25, -0.2) is 0 Å². The summed E-state index contributed by atoms with van der Waals surface area (Å²) in [5.74, 6) is 0.0614. The third-order valence-electron chi connectivity index (χ3n) is 3.97. The van der Waals surface area contributed by atoms with Crippen LogP contribution in [0.3, 0.4) is 0 Å². The maximum absolute atomic E-state index is 12.3. The normalized spacial score (nSPS) is 22.6. The van der Waals surface area contributed by atoms with Gasteiger partial charge in [-0.3, -0.25) is 4.79 Å². The average Bonchev–Trinajstić information content (AvgIpc) is 2.46. The van der Waals surface area contributed by atoms with E-state index in [2.05, 4.69) is 15.5 Å². The summed E-state index contributed by atoms with van der Waals surface area (Å²) in [7, 11) is 0. The molecule has 5 nitrogen and oxygen atoms in total. The molecule has 1 amide bonds. The van der Waals surface area contributed by atoms with Crippen LogP contribution >= 0.6 is 0 Å². The maximum Gasteiger partial charge on any atom is 0.253 e. The molecule has 0 saturated heterocycles. The van der Waals surface area contributed by atoms with E-state index < -0.39 is 0 Å². The lowest BCUT2D eigenvalue weighted by molar-refractivity contribution is 0.0662. The Morgan fingerprint density at radius 2 is 2.15 bits per heavy atom. The van der Waals surface area contributed by atoms with E-state index in [9.17, 15) is 9.90 Å². The number of amides is 1. The van der Waals surface area contributed by atoms with Gasteiger partial charge in [-0.2, -0.15) is 10.2 Å². The van der Waals surface area contributed by atoms with Crippen LogP contribution in [0.2, 0.25) is 0 Å². The molecule has 0 spiro atoms. The lowest BCUT2D eigenvalue weighted by Crippen LogP contribution is -2.37. The molecule has 2 N–H and O–H groups in total. The molecule has 1 aromatic heterocycles. The molecule has 1 fully saturated rings. The predicted octanol–water partition coefficient (Wildman–Crippen LogP) is 1.63. The number of aromatic nitrogens is 2. The van der Waals surface area contributed by atoms with Gasteiger partial charge < -0.3 is 10.4 Å². The van der Waals surface area contributed by atoms with Gasteiger partial charge >= 0.3 is 0 Å². The van der Waals surface area contributed by atoms with E-state index in [4.69, 9.17) is 0 Å². The minimum Gasteiger partial charge on any atom is -0.393 e. The van der Waals surface area contributed by atoms with E-state index in [1.165, 1.54) is 0 Å². The number of carbonyl (C=O) groups excluding carboxylic acids is 1. The molecular weight excluding hydrogens is 254 g/mol. The van der Waals surface area contributed by atoms with Crippen LogP contribution in [0.25, 0.3) is 0 Å². The van der Waals surface area contributed by atoms with Crippen molar-refractivity contribution in [1.29, 1.82) is 0 Å². The summed E-state index contributed by atoms with van der Waals surface area (Å²) < 4.78 is 0. The van der Waals surface area contributed by atoms with Crippen molar-refractivity contribution in [3.8, 4) is 0 Å². The van der Waals surface area contributed by atoms with Crippen LogP contribution in [0, 0.1) is 12.8 Å². The van der Waals surface area contributed by atoms with E-state index in [0.717, 1.165) is 37.1 Å². The number of nitrogens with zero attached hydrogens (tertiary/aromatic N) is 2. The van der Waals surface area contributed by atoms with Gasteiger partial charge in [-0.05, 0) is 32.3 Å². The molecule has 110 valence electrons. The Kier molecular flexibility index (Phi) is 5.06. The molecule has 1 heterocycles. The van der Waals surface area contributed by atoms with E-state index in [0.29, 0.717) is 18.5 Å². The zero-order valence-corrected chi connectivity index (χ0v) is 12.2. The summed E-state index contributed by atoms with van der Waals surface area (Å²) in [6.45, 7) is 4.32. The molecule has 2 unspecified atom stereocenters. The van der Waals surface area contributed by atoms with Crippen molar-refractivity contribution < 1.29 is 9.90 Å². The zero-order valence-electron chi connectivity index (χ0n) is 12.2. The second-order valence-corrected chi connectivity index (χ2v) is 5.52. The number of aliphatic hydroxyl groups excluding tert-OH is 1. The first-order valence-electron chi connectivity index (χ1n) is 7.41. The topological polar surface area (TPSA) is 75.1 Å². The molecular formula is C15H23N3O2. The van der Waals surface area contributed by atoms with Crippen molar-refractivity contribution in [3.05, 3.63) is 23.0 Å². The second kappa shape index (κ2) is 6.79. The monoisotopic (exact) mass is 277 g/mol. The van der Waals surface area contributed by atoms with Gasteiger partial charge in [0.1, 0.15) is 0 Å². The lowest BCUT2D eigenvalue weighted by Gasteiger charge is -2.27. The number of aryl methyl sites for hydroxylation is 2. The fraction of sp³-hybridized carbons (Fsp3) is 0.667. The molecule has 1 aliphatic rings. The van der Waals surface area contributed by atoms with Crippen molar-refractivity contribution in [2.24, 2.45) is 5.92 Å². The van der Waals surface area contributed by atoms with Gasteiger partial charge in [0.25, 0.3) is 5.91 Å². The minimum absolute atomic E-state index is 0.113. The molecule has 1 aromatic rings. The molecule has 1 aliphatic carbocycles. The molecule has 0 aromatic carbocycles. The molecule has 0 bridgehead atoms. The third-order valence-corrected chi connectivity index (χ3v) is 3.97. The highest BCUT2D eigenvalue weighted by Crippen LogP contribution is 2.23. The van der Waals surface area contributed by atoms with Crippen molar-refractivity contribution in [2.45, 2.75) is 52.1 Å². The van der Waals surface area contributed by atoms with E-state index in [-0.39, 0.29) is 17.9 Å². The highest BCUT2D eigenvalue weighted by molar-refractivity contribution is 5.95. The van der Waals surface area contributed by atoms with Crippen LogP contribution in [0.15, 0.2) is 6.07 Å². The molecule has 5 heteroatoms. The Labute approximate surface area is 119 Å². The van der Waals surface area contributed by atoms with Gasteiger partial charge in [-0.15, -0.1) is 0 Å². The first kappa shape index (κ1) is 14.9. The van der Waals surface area contributed by atoms with Gasteiger partial charge in [-0.1, -0.05) is 19.8 Å². The maximum atomic E-state index is 12.3. The first-order chi connectivity index (χ1) is 9.61. The predicted molar refractivity (Wildman–Crippen MR) is 76.4 cm³/mol.